The summed E-state index contributed by atoms with van der Waals surface area (Å²) in [6, 6.07) is 7.08. The van der Waals surface area contributed by atoms with E-state index in [0.29, 0.717) is 0 Å². The first-order valence-electron chi connectivity index (χ1n) is 5.94. The van der Waals surface area contributed by atoms with Gasteiger partial charge >= 0.3 is 0 Å². The number of hydrogen-bond acceptors (Lipinski definition) is 4. The molecule has 1 saturated carbocycles. The zero-order valence-corrected chi connectivity index (χ0v) is 11.6. The van der Waals surface area contributed by atoms with Gasteiger partial charge in [0.25, 0.3) is 0 Å². The van der Waals surface area contributed by atoms with E-state index in [-0.39, 0.29) is 24.9 Å². The summed E-state index contributed by atoms with van der Waals surface area (Å²) in [6.07, 6.45) is 0.705. The summed E-state index contributed by atoms with van der Waals surface area (Å²) in [5.74, 6) is 0.545. The van der Waals surface area contributed by atoms with E-state index in [2.05, 4.69) is 5.32 Å². The predicted octanol–water partition coefficient (Wildman–Crippen LogP) is 0.758. The number of rotatable bonds is 5. The Morgan fingerprint density at radius 1 is 1.47 bits per heavy atom. The Labute approximate surface area is 118 Å². The van der Waals surface area contributed by atoms with E-state index in [0.717, 1.165) is 24.2 Å². The molecule has 0 heterocycles. The first kappa shape index (κ1) is 15.8. The fourth-order valence-corrected chi connectivity index (χ4v) is 1.67. The van der Waals surface area contributed by atoms with Gasteiger partial charge in [-0.15, -0.1) is 12.4 Å². The summed E-state index contributed by atoms with van der Waals surface area (Å²) in [5.41, 5.74) is 5.78. The van der Waals surface area contributed by atoms with Crippen molar-refractivity contribution in [3.8, 4) is 5.75 Å². The Bertz CT molecular complexity index is 432. The molecule has 19 heavy (non-hydrogen) atoms. The third-order valence-corrected chi connectivity index (χ3v) is 3.20. The number of ether oxygens (including phenoxy) is 1. The normalized spacial score (nSPS) is 17.0. The lowest BCUT2D eigenvalue weighted by atomic mass is 10.1. The molecular formula is C13H19ClN2O3. The molecular weight excluding hydrogens is 268 g/mol. The molecule has 106 valence electrons. The number of halogens is 1. The van der Waals surface area contributed by atoms with Crippen LogP contribution in [0, 0.1) is 0 Å². The fourth-order valence-electron chi connectivity index (χ4n) is 1.67. The molecule has 1 fully saturated rings. The maximum atomic E-state index is 11.6. The monoisotopic (exact) mass is 286 g/mol. The van der Waals surface area contributed by atoms with Crippen LogP contribution < -0.4 is 15.8 Å². The van der Waals surface area contributed by atoms with Gasteiger partial charge in [-0.25, -0.2) is 0 Å². The lowest BCUT2D eigenvalue weighted by Gasteiger charge is -2.15. The molecule has 1 aromatic carbocycles. The molecule has 0 radical (unpaired) electrons. The number of carbonyl (C=O) groups is 1. The van der Waals surface area contributed by atoms with Crippen molar-refractivity contribution in [2.24, 2.45) is 5.73 Å². The number of benzene rings is 1. The van der Waals surface area contributed by atoms with E-state index in [9.17, 15) is 9.90 Å². The number of aliphatic hydroxyl groups excluding tert-OH is 1. The smallest absolute Gasteiger partial charge is 0.240 e. The van der Waals surface area contributed by atoms with E-state index < -0.39 is 11.6 Å². The Balaban J connectivity index is 0.00000180. The third-order valence-electron chi connectivity index (χ3n) is 3.20. The number of aliphatic hydroxyl groups is 1. The molecule has 4 N–H and O–H groups in total. The topological polar surface area (TPSA) is 84.6 Å². The highest BCUT2D eigenvalue weighted by Crippen LogP contribution is 2.32. The van der Waals surface area contributed by atoms with Crippen LogP contribution in [-0.2, 0) is 4.79 Å². The van der Waals surface area contributed by atoms with Crippen LogP contribution in [0.15, 0.2) is 24.3 Å². The van der Waals surface area contributed by atoms with Gasteiger partial charge in [0.2, 0.25) is 5.91 Å². The summed E-state index contributed by atoms with van der Waals surface area (Å²) in [7, 11) is 1.59. The molecule has 1 amide bonds. The average Bonchev–Trinajstić information content (AvgIpc) is 3.15. The predicted molar refractivity (Wildman–Crippen MR) is 74.4 cm³/mol. The van der Waals surface area contributed by atoms with Crippen molar-refractivity contribution in [2.75, 3.05) is 13.7 Å². The molecule has 0 bridgehead atoms. The number of nitrogens with one attached hydrogen (secondary N) is 1. The SMILES string of the molecule is COc1ccc(C(O)CNC(=O)C2(N)CC2)cc1.Cl. The van der Waals surface area contributed by atoms with Crippen molar-refractivity contribution in [2.45, 2.75) is 24.5 Å². The van der Waals surface area contributed by atoms with Gasteiger partial charge in [-0.2, -0.15) is 0 Å². The van der Waals surface area contributed by atoms with Gasteiger partial charge in [0.05, 0.1) is 18.8 Å². The minimum absolute atomic E-state index is 0. The van der Waals surface area contributed by atoms with Gasteiger partial charge < -0.3 is 20.9 Å². The van der Waals surface area contributed by atoms with Crippen molar-refractivity contribution >= 4 is 18.3 Å². The van der Waals surface area contributed by atoms with Crippen LogP contribution in [0.3, 0.4) is 0 Å². The highest BCUT2D eigenvalue weighted by molar-refractivity contribution is 5.88. The summed E-state index contributed by atoms with van der Waals surface area (Å²) < 4.78 is 5.03. The number of methoxy groups -OCH3 is 1. The number of nitrogens with two attached hydrogens (primary N) is 1. The molecule has 5 nitrogen and oxygen atoms in total. The van der Waals surface area contributed by atoms with Crippen LogP contribution in [0.2, 0.25) is 0 Å². The number of carbonyl (C=O) groups excluding carboxylic acids is 1. The van der Waals surface area contributed by atoms with Crippen molar-refractivity contribution in [3.05, 3.63) is 29.8 Å². The molecule has 0 aromatic heterocycles. The maximum Gasteiger partial charge on any atom is 0.240 e. The quantitative estimate of drug-likeness (QED) is 0.746. The molecule has 1 unspecified atom stereocenters. The molecule has 1 aliphatic rings. The van der Waals surface area contributed by atoms with Crippen LogP contribution in [-0.4, -0.2) is 30.2 Å². The molecule has 0 saturated heterocycles. The van der Waals surface area contributed by atoms with Crippen molar-refractivity contribution in [1.82, 2.24) is 5.32 Å². The minimum Gasteiger partial charge on any atom is -0.497 e. The molecule has 2 rings (SSSR count). The van der Waals surface area contributed by atoms with Crippen LogP contribution in [0.5, 0.6) is 5.75 Å². The lowest BCUT2D eigenvalue weighted by Crippen LogP contribution is -2.44. The molecule has 0 spiro atoms. The summed E-state index contributed by atoms with van der Waals surface area (Å²) in [6.45, 7) is 0.171. The molecule has 6 heteroatoms. The van der Waals surface area contributed by atoms with Gasteiger partial charge in [-0.05, 0) is 30.5 Å². The van der Waals surface area contributed by atoms with Gasteiger partial charge in [-0.1, -0.05) is 12.1 Å². The molecule has 0 aliphatic heterocycles. The van der Waals surface area contributed by atoms with E-state index in [1.54, 1.807) is 31.4 Å². The van der Waals surface area contributed by atoms with Crippen LogP contribution in [0.25, 0.3) is 0 Å². The van der Waals surface area contributed by atoms with Gasteiger partial charge in [-0.3, -0.25) is 4.79 Å². The third kappa shape index (κ3) is 3.83. The van der Waals surface area contributed by atoms with E-state index >= 15 is 0 Å². The number of hydrogen-bond donors (Lipinski definition) is 3. The zero-order chi connectivity index (χ0) is 13.2. The standard InChI is InChI=1S/C13H18N2O3.ClH/c1-18-10-4-2-9(3-5-10)11(16)8-15-12(17)13(14)6-7-13;/h2-5,11,16H,6-8,14H2,1H3,(H,15,17);1H. The fraction of sp³-hybridized carbons (Fsp3) is 0.462. The van der Waals surface area contributed by atoms with E-state index in [1.807, 2.05) is 0 Å². The second-order valence-electron chi connectivity index (χ2n) is 4.66. The van der Waals surface area contributed by atoms with Crippen LogP contribution in [0.1, 0.15) is 24.5 Å². The van der Waals surface area contributed by atoms with Crippen molar-refractivity contribution in [3.63, 3.8) is 0 Å². The maximum absolute atomic E-state index is 11.6. The van der Waals surface area contributed by atoms with Gasteiger partial charge in [0.1, 0.15) is 5.75 Å². The first-order chi connectivity index (χ1) is 8.55. The van der Waals surface area contributed by atoms with E-state index in [4.69, 9.17) is 10.5 Å². The first-order valence-corrected chi connectivity index (χ1v) is 5.94. The highest BCUT2D eigenvalue weighted by Gasteiger charge is 2.45. The molecule has 1 atom stereocenters. The Morgan fingerprint density at radius 2 is 2.05 bits per heavy atom. The average molecular weight is 287 g/mol. The summed E-state index contributed by atoms with van der Waals surface area (Å²) >= 11 is 0. The Morgan fingerprint density at radius 3 is 2.53 bits per heavy atom. The molecule has 1 aromatic rings. The second kappa shape index (κ2) is 6.23. The second-order valence-corrected chi connectivity index (χ2v) is 4.66. The van der Waals surface area contributed by atoms with E-state index in [1.165, 1.54) is 0 Å². The van der Waals surface area contributed by atoms with Crippen molar-refractivity contribution < 1.29 is 14.6 Å². The zero-order valence-electron chi connectivity index (χ0n) is 10.8. The summed E-state index contributed by atoms with van der Waals surface area (Å²) in [5, 5.41) is 12.6. The Kier molecular flexibility index (Phi) is 5.17. The highest BCUT2D eigenvalue weighted by atomic mass is 35.5. The van der Waals surface area contributed by atoms with Gasteiger partial charge in [0, 0.05) is 6.54 Å². The van der Waals surface area contributed by atoms with Gasteiger partial charge in [0.15, 0.2) is 0 Å². The largest absolute Gasteiger partial charge is 0.497 e. The summed E-state index contributed by atoms with van der Waals surface area (Å²) in [4.78, 5) is 11.6. The Hall–Kier alpha value is -1.30. The number of amides is 1. The minimum atomic E-state index is -0.734. The molecule has 1 aliphatic carbocycles. The van der Waals surface area contributed by atoms with Crippen molar-refractivity contribution in [1.29, 1.82) is 0 Å². The lowest BCUT2D eigenvalue weighted by molar-refractivity contribution is -0.123. The van der Waals surface area contributed by atoms with Crippen LogP contribution in [0.4, 0.5) is 0 Å². The van der Waals surface area contributed by atoms with Crippen LogP contribution >= 0.6 is 12.4 Å².